The van der Waals surface area contributed by atoms with E-state index in [0.29, 0.717) is 4.47 Å². The van der Waals surface area contributed by atoms with Gasteiger partial charge >= 0.3 is 0 Å². The van der Waals surface area contributed by atoms with Crippen molar-refractivity contribution in [2.75, 3.05) is 14.1 Å². The van der Waals surface area contributed by atoms with Crippen LogP contribution in [0.1, 0.15) is 5.69 Å². The van der Waals surface area contributed by atoms with Gasteiger partial charge in [0.25, 0.3) is 0 Å². The molecule has 0 fully saturated rings. The summed E-state index contributed by atoms with van der Waals surface area (Å²) in [6.45, 7) is 0.733. The highest BCUT2D eigenvalue weighted by Gasteiger charge is 2.08. The number of pyridine rings is 1. The second kappa shape index (κ2) is 3.90. The van der Waals surface area contributed by atoms with E-state index < -0.39 is 0 Å². The van der Waals surface area contributed by atoms with E-state index in [2.05, 4.69) is 20.9 Å². The standard InChI is InChI=1S/C10H11BrFN3/c1-14(2)6-8-4-13-10-9(11)3-7(12)5-15(8)10/h3-5H,6H2,1-2H3. The topological polar surface area (TPSA) is 20.5 Å². The Kier molecular flexibility index (Phi) is 2.75. The van der Waals surface area contributed by atoms with E-state index in [4.69, 9.17) is 0 Å². The molecule has 0 aliphatic rings. The molecule has 15 heavy (non-hydrogen) atoms. The summed E-state index contributed by atoms with van der Waals surface area (Å²) in [5.74, 6) is -0.271. The molecule has 0 aliphatic carbocycles. The maximum absolute atomic E-state index is 13.2. The smallest absolute Gasteiger partial charge is 0.151 e. The maximum atomic E-state index is 13.2. The highest BCUT2D eigenvalue weighted by Crippen LogP contribution is 2.19. The Bertz CT molecular complexity index is 493. The van der Waals surface area contributed by atoms with E-state index in [-0.39, 0.29) is 5.82 Å². The van der Waals surface area contributed by atoms with Gasteiger partial charge in [0.15, 0.2) is 5.65 Å². The van der Waals surface area contributed by atoms with Crippen molar-refractivity contribution in [2.24, 2.45) is 0 Å². The fraction of sp³-hybridized carbons (Fsp3) is 0.300. The van der Waals surface area contributed by atoms with E-state index >= 15 is 0 Å². The molecular formula is C10H11BrFN3. The lowest BCUT2D eigenvalue weighted by Gasteiger charge is -2.09. The molecule has 80 valence electrons. The van der Waals surface area contributed by atoms with Crippen LogP contribution >= 0.6 is 15.9 Å². The molecule has 0 amide bonds. The summed E-state index contributed by atoms with van der Waals surface area (Å²) in [6, 6.07) is 1.42. The molecule has 5 heteroatoms. The van der Waals surface area contributed by atoms with Crippen molar-refractivity contribution in [3.05, 3.63) is 34.4 Å². The number of hydrogen-bond acceptors (Lipinski definition) is 2. The van der Waals surface area contributed by atoms with Crippen molar-refractivity contribution in [1.29, 1.82) is 0 Å². The molecule has 0 saturated heterocycles. The van der Waals surface area contributed by atoms with Crippen molar-refractivity contribution in [1.82, 2.24) is 14.3 Å². The summed E-state index contributed by atoms with van der Waals surface area (Å²) in [5, 5.41) is 0. The summed E-state index contributed by atoms with van der Waals surface area (Å²) in [6.07, 6.45) is 3.21. The molecule has 2 aromatic rings. The van der Waals surface area contributed by atoms with Gasteiger partial charge in [0, 0.05) is 12.7 Å². The van der Waals surface area contributed by atoms with Crippen LogP contribution < -0.4 is 0 Å². The van der Waals surface area contributed by atoms with Gasteiger partial charge < -0.3 is 4.90 Å². The molecule has 0 N–H and O–H groups in total. The van der Waals surface area contributed by atoms with Crippen LogP contribution in [0.3, 0.4) is 0 Å². The number of imidazole rings is 1. The Hall–Kier alpha value is -0.940. The third kappa shape index (κ3) is 2.03. The zero-order valence-corrected chi connectivity index (χ0v) is 10.1. The Labute approximate surface area is 95.7 Å². The van der Waals surface area contributed by atoms with Gasteiger partial charge in [-0.15, -0.1) is 0 Å². The van der Waals surface area contributed by atoms with Crippen LogP contribution in [0.4, 0.5) is 4.39 Å². The Morgan fingerprint density at radius 1 is 1.53 bits per heavy atom. The first-order valence-corrected chi connectivity index (χ1v) is 5.33. The Balaban J connectivity index is 2.58. The second-order valence-corrected chi connectivity index (χ2v) is 4.54. The van der Waals surface area contributed by atoms with Crippen molar-refractivity contribution in [3.8, 4) is 0 Å². The van der Waals surface area contributed by atoms with Crippen LogP contribution in [0.2, 0.25) is 0 Å². The normalized spacial score (nSPS) is 11.5. The zero-order chi connectivity index (χ0) is 11.0. The predicted octanol–water partition coefficient (Wildman–Crippen LogP) is 2.30. The highest BCUT2D eigenvalue weighted by molar-refractivity contribution is 9.10. The summed E-state index contributed by atoms with van der Waals surface area (Å²) in [5.41, 5.74) is 1.71. The molecule has 0 saturated carbocycles. The summed E-state index contributed by atoms with van der Waals surface area (Å²) in [4.78, 5) is 6.25. The van der Waals surface area contributed by atoms with Crippen LogP contribution in [0.25, 0.3) is 5.65 Å². The third-order valence-electron chi connectivity index (χ3n) is 2.08. The maximum Gasteiger partial charge on any atom is 0.151 e. The molecule has 0 unspecified atom stereocenters. The first-order chi connectivity index (χ1) is 7.08. The van der Waals surface area contributed by atoms with E-state index in [0.717, 1.165) is 17.9 Å². The lowest BCUT2D eigenvalue weighted by Crippen LogP contribution is -2.12. The number of fused-ring (bicyclic) bond motifs is 1. The SMILES string of the molecule is CN(C)Cc1cnc2c(Br)cc(F)cn12. The average Bonchev–Trinajstić information content (AvgIpc) is 2.48. The third-order valence-corrected chi connectivity index (χ3v) is 2.67. The largest absolute Gasteiger partial charge is 0.304 e. The van der Waals surface area contributed by atoms with Crippen molar-refractivity contribution < 1.29 is 4.39 Å². The first-order valence-electron chi connectivity index (χ1n) is 4.53. The molecule has 0 aromatic carbocycles. The molecule has 0 bridgehead atoms. The van der Waals surface area contributed by atoms with E-state index in [1.807, 2.05) is 19.0 Å². The highest BCUT2D eigenvalue weighted by atomic mass is 79.9. The second-order valence-electron chi connectivity index (χ2n) is 3.69. The first kappa shape index (κ1) is 10.6. The molecule has 2 heterocycles. The van der Waals surface area contributed by atoms with Crippen molar-refractivity contribution in [2.45, 2.75) is 6.54 Å². The summed E-state index contributed by atoms with van der Waals surface area (Å²) >= 11 is 3.29. The molecular weight excluding hydrogens is 261 g/mol. The van der Waals surface area contributed by atoms with Crippen molar-refractivity contribution >= 4 is 21.6 Å². The Morgan fingerprint density at radius 3 is 2.93 bits per heavy atom. The summed E-state index contributed by atoms with van der Waals surface area (Å²) < 4.78 is 15.6. The molecule has 0 radical (unpaired) electrons. The minimum atomic E-state index is -0.271. The number of hydrogen-bond donors (Lipinski definition) is 0. The van der Waals surface area contributed by atoms with Crippen molar-refractivity contribution in [3.63, 3.8) is 0 Å². The molecule has 2 aromatic heterocycles. The minimum Gasteiger partial charge on any atom is -0.304 e. The van der Waals surface area contributed by atoms with Gasteiger partial charge in [-0.25, -0.2) is 9.37 Å². The number of aromatic nitrogens is 2. The van der Waals surface area contributed by atoms with E-state index in [1.54, 1.807) is 10.6 Å². The van der Waals surface area contributed by atoms with Gasteiger partial charge in [0.2, 0.25) is 0 Å². The van der Waals surface area contributed by atoms with Gasteiger partial charge in [0.1, 0.15) is 5.82 Å². The minimum absolute atomic E-state index is 0.271. The van der Waals surface area contributed by atoms with Gasteiger partial charge in [-0.1, -0.05) is 0 Å². The quantitative estimate of drug-likeness (QED) is 0.836. The van der Waals surface area contributed by atoms with Gasteiger partial charge in [-0.2, -0.15) is 0 Å². The van der Waals surface area contributed by atoms with Gasteiger partial charge in [-0.05, 0) is 36.1 Å². The summed E-state index contributed by atoms with van der Waals surface area (Å²) in [7, 11) is 3.93. The average molecular weight is 272 g/mol. The monoisotopic (exact) mass is 271 g/mol. The van der Waals surface area contributed by atoms with Crippen LogP contribution in [0.15, 0.2) is 22.9 Å². The van der Waals surface area contributed by atoms with Crippen LogP contribution in [-0.4, -0.2) is 28.4 Å². The lowest BCUT2D eigenvalue weighted by atomic mass is 10.4. The fourth-order valence-electron chi connectivity index (χ4n) is 1.50. The van der Waals surface area contributed by atoms with Gasteiger partial charge in [0.05, 0.1) is 16.4 Å². The number of rotatable bonds is 2. The molecule has 0 spiro atoms. The number of halogens is 2. The fourth-order valence-corrected chi connectivity index (χ4v) is 2.02. The predicted molar refractivity (Wildman–Crippen MR) is 60.2 cm³/mol. The van der Waals surface area contributed by atoms with E-state index in [9.17, 15) is 4.39 Å². The molecule has 2 rings (SSSR count). The van der Waals surface area contributed by atoms with Crippen LogP contribution in [0, 0.1) is 5.82 Å². The van der Waals surface area contributed by atoms with Crippen LogP contribution in [-0.2, 0) is 6.54 Å². The van der Waals surface area contributed by atoms with Gasteiger partial charge in [-0.3, -0.25) is 4.40 Å². The molecule has 0 aliphatic heterocycles. The number of nitrogens with zero attached hydrogens (tertiary/aromatic N) is 3. The lowest BCUT2D eigenvalue weighted by molar-refractivity contribution is 0.395. The zero-order valence-electron chi connectivity index (χ0n) is 8.54. The Morgan fingerprint density at radius 2 is 2.27 bits per heavy atom. The van der Waals surface area contributed by atoms with E-state index in [1.165, 1.54) is 12.3 Å². The molecule has 3 nitrogen and oxygen atoms in total. The van der Waals surface area contributed by atoms with Crippen LogP contribution in [0.5, 0.6) is 0 Å². The molecule has 0 atom stereocenters.